The number of sulfonamides is 1. The lowest BCUT2D eigenvalue weighted by Gasteiger charge is -2.34. The molecule has 3 rings (SSSR count). The average molecular weight is 381 g/mol. The van der Waals surface area contributed by atoms with Crippen molar-refractivity contribution in [2.24, 2.45) is 11.8 Å². The van der Waals surface area contributed by atoms with Crippen LogP contribution in [0.3, 0.4) is 0 Å². The summed E-state index contributed by atoms with van der Waals surface area (Å²) in [6.45, 7) is 8.71. The lowest BCUT2D eigenvalue weighted by Crippen LogP contribution is -3.12. The number of carbonyl (C=O) groups excluding carboxylic acids is 1. The molecule has 0 spiro atoms. The number of hydrogen-bond acceptors (Lipinski definition) is 3. The summed E-state index contributed by atoms with van der Waals surface area (Å²) in [5.74, 6) is 0.726. The highest BCUT2D eigenvalue weighted by atomic mass is 32.2. The van der Waals surface area contributed by atoms with Gasteiger partial charge in [0, 0.05) is 18.7 Å². The van der Waals surface area contributed by atoms with Crippen molar-refractivity contribution >= 4 is 15.9 Å². The Labute approximate surface area is 156 Å². The molecule has 0 radical (unpaired) electrons. The Morgan fingerprint density at radius 3 is 2.12 bits per heavy atom. The first-order chi connectivity index (χ1) is 12.3. The van der Waals surface area contributed by atoms with Crippen LogP contribution >= 0.6 is 0 Å². The van der Waals surface area contributed by atoms with Gasteiger partial charge in [0.2, 0.25) is 10.0 Å². The number of nitrogens with zero attached hydrogens (tertiary/aromatic N) is 2. The van der Waals surface area contributed by atoms with Crippen molar-refractivity contribution in [3.63, 3.8) is 0 Å². The fourth-order valence-corrected chi connectivity index (χ4v) is 5.67. The van der Waals surface area contributed by atoms with E-state index in [4.69, 9.17) is 0 Å². The van der Waals surface area contributed by atoms with Crippen molar-refractivity contribution < 1.29 is 18.1 Å². The van der Waals surface area contributed by atoms with E-state index in [9.17, 15) is 13.2 Å². The maximum absolute atomic E-state index is 12.9. The monoisotopic (exact) mass is 380 g/mol. The first kappa shape index (κ1) is 19.3. The molecule has 1 N–H and O–H groups in total. The van der Waals surface area contributed by atoms with E-state index >= 15 is 0 Å². The van der Waals surface area contributed by atoms with Crippen molar-refractivity contribution in [1.82, 2.24) is 9.21 Å². The van der Waals surface area contributed by atoms with Crippen LogP contribution in [-0.4, -0.2) is 69.8 Å². The third-order valence-corrected chi connectivity index (χ3v) is 7.32. The van der Waals surface area contributed by atoms with E-state index in [0.717, 1.165) is 32.6 Å². The number of amides is 1. The smallest absolute Gasteiger partial charge is 0.254 e. The van der Waals surface area contributed by atoms with Gasteiger partial charge in [0.1, 0.15) is 0 Å². The second-order valence-electron chi connectivity index (χ2n) is 8.04. The fraction of sp³-hybridized carbons (Fsp3) is 0.632. The SMILES string of the molecule is C[C@@H]1C[C@@H](C)CN(S(=O)(=O)c2ccc(C(=O)N3CC[NH+](C)CC3)cc2)C1. The Bertz CT molecular complexity index is 730. The molecule has 0 saturated carbocycles. The normalized spacial score (nSPS) is 26.0. The van der Waals surface area contributed by atoms with E-state index in [2.05, 4.69) is 20.9 Å². The van der Waals surface area contributed by atoms with Crippen LogP contribution in [0.25, 0.3) is 0 Å². The molecule has 2 aliphatic heterocycles. The van der Waals surface area contributed by atoms with Crippen LogP contribution in [0.1, 0.15) is 30.6 Å². The number of piperidine rings is 1. The molecule has 2 aliphatic rings. The molecule has 0 unspecified atom stereocenters. The Balaban J connectivity index is 1.73. The molecule has 2 saturated heterocycles. The van der Waals surface area contributed by atoms with Crippen LogP contribution in [0.5, 0.6) is 0 Å². The van der Waals surface area contributed by atoms with Crippen molar-refractivity contribution in [1.29, 1.82) is 0 Å². The van der Waals surface area contributed by atoms with Gasteiger partial charge in [0.05, 0.1) is 38.1 Å². The zero-order chi connectivity index (χ0) is 18.9. The zero-order valence-corrected chi connectivity index (χ0v) is 16.8. The van der Waals surface area contributed by atoms with Gasteiger partial charge in [0.25, 0.3) is 5.91 Å². The van der Waals surface area contributed by atoms with Gasteiger partial charge in [0.15, 0.2) is 0 Å². The highest BCUT2D eigenvalue weighted by Crippen LogP contribution is 2.26. The minimum absolute atomic E-state index is 0.0123. The molecule has 26 heavy (non-hydrogen) atoms. The lowest BCUT2D eigenvalue weighted by molar-refractivity contribution is -0.883. The van der Waals surface area contributed by atoms with E-state index in [0.29, 0.717) is 30.5 Å². The molecule has 1 aromatic rings. The Kier molecular flexibility index (Phi) is 5.69. The summed E-state index contributed by atoms with van der Waals surface area (Å²) in [5.41, 5.74) is 0.559. The molecule has 2 fully saturated rings. The van der Waals surface area contributed by atoms with E-state index in [-0.39, 0.29) is 10.8 Å². The van der Waals surface area contributed by atoms with Crippen LogP contribution < -0.4 is 4.90 Å². The topological polar surface area (TPSA) is 62.1 Å². The number of hydrogen-bond donors (Lipinski definition) is 1. The summed E-state index contributed by atoms with van der Waals surface area (Å²) in [6, 6.07) is 6.45. The third kappa shape index (κ3) is 4.10. The average Bonchev–Trinajstić information content (AvgIpc) is 2.61. The third-order valence-electron chi connectivity index (χ3n) is 5.48. The summed E-state index contributed by atoms with van der Waals surface area (Å²) in [6.07, 6.45) is 1.06. The van der Waals surface area contributed by atoms with Crippen LogP contribution in [0.2, 0.25) is 0 Å². The number of benzene rings is 1. The van der Waals surface area contributed by atoms with Gasteiger partial charge in [-0.3, -0.25) is 4.79 Å². The van der Waals surface area contributed by atoms with Gasteiger partial charge in [-0.1, -0.05) is 13.8 Å². The second kappa shape index (κ2) is 7.66. The number of rotatable bonds is 3. The van der Waals surface area contributed by atoms with Gasteiger partial charge in [-0.15, -0.1) is 0 Å². The Morgan fingerprint density at radius 1 is 1.04 bits per heavy atom. The van der Waals surface area contributed by atoms with E-state index < -0.39 is 10.0 Å². The van der Waals surface area contributed by atoms with E-state index in [1.54, 1.807) is 28.6 Å². The highest BCUT2D eigenvalue weighted by Gasteiger charge is 2.32. The summed E-state index contributed by atoms with van der Waals surface area (Å²) >= 11 is 0. The molecule has 144 valence electrons. The van der Waals surface area contributed by atoms with Gasteiger partial charge in [-0.25, -0.2) is 8.42 Å². The molecular formula is C19H30N3O3S+. The summed E-state index contributed by atoms with van der Waals surface area (Å²) in [4.78, 5) is 16.2. The number of carbonyl (C=O) groups is 1. The van der Waals surface area contributed by atoms with Gasteiger partial charge < -0.3 is 9.80 Å². The fourth-order valence-electron chi connectivity index (χ4n) is 3.99. The van der Waals surface area contributed by atoms with Gasteiger partial charge in [-0.05, 0) is 42.5 Å². The molecule has 7 heteroatoms. The molecule has 6 nitrogen and oxygen atoms in total. The van der Waals surface area contributed by atoms with Crippen LogP contribution in [0, 0.1) is 11.8 Å². The number of piperazine rings is 1. The molecule has 2 atom stereocenters. The van der Waals surface area contributed by atoms with Crippen molar-refractivity contribution in [3.05, 3.63) is 29.8 Å². The first-order valence-corrected chi connectivity index (χ1v) is 10.9. The Hall–Kier alpha value is -1.44. The predicted molar refractivity (Wildman–Crippen MR) is 101 cm³/mol. The largest absolute Gasteiger partial charge is 0.334 e. The predicted octanol–water partition coefficient (Wildman–Crippen LogP) is 0.324. The molecule has 0 aliphatic carbocycles. The minimum atomic E-state index is -3.50. The van der Waals surface area contributed by atoms with Gasteiger partial charge >= 0.3 is 0 Å². The molecular weight excluding hydrogens is 350 g/mol. The summed E-state index contributed by atoms with van der Waals surface area (Å²) in [5, 5.41) is 0. The molecule has 0 aromatic heterocycles. The van der Waals surface area contributed by atoms with Crippen molar-refractivity contribution in [2.45, 2.75) is 25.2 Å². The zero-order valence-electron chi connectivity index (χ0n) is 15.9. The van der Waals surface area contributed by atoms with Crippen molar-refractivity contribution in [2.75, 3.05) is 46.3 Å². The molecule has 1 aromatic carbocycles. The quantitative estimate of drug-likeness (QED) is 0.822. The Morgan fingerprint density at radius 2 is 1.58 bits per heavy atom. The maximum Gasteiger partial charge on any atom is 0.254 e. The first-order valence-electron chi connectivity index (χ1n) is 9.48. The van der Waals surface area contributed by atoms with Crippen LogP contribution in [0.15, 0.2) is 29.2 Å². The van der Waals surface area contributed by atoms with Crippen molar-refractivity contribution in [3.8, 4) is 0 Å². The molecule has 2 heterocycles. The number of likely N-dealkylation sites (N-methyl/N-ethyl adjacent to an activating group) is 1. The lowest BCUT2D eigenvalue weighted by atomic mass is 9.94. The second-order valence-corrected chi connectivity index (χ2v) is 9.98. The van der Waals surface area contributed by atoms with E-state index in [1.807, 2.05) is 4.90 Å². The summed E-state index contributed by atoms with van der Waals surface area (Å²) in [7, 11) is -1.37. The maximum atomic E-state index is 12.9. The van der Waals surface area contributed by atoms with Crippen LogP contribution in [0.4, 0.5) is 0 Å². The highest BCUT2D eigenvalue weighted by molar-refractivity contribution is 7.89. The number of nitrogens with one attached hydrogen (secondary N) is 1. The molecule has 0 bridgehead atoms. The standard InChI is InChI=1S/C19H29N3O3S/c1-15-12-16(2)14-22(13-15)26(24,25)18-6-4-17(5-7-18)19(23)21-10-8-20(3)9-11-21/h4-7,15-16H,8-14H2,1-3H3/p+1/t15-,16-/m1/s1. The summed E-state index contributed by atoms with van der Waals surface area (Å²) < 4.78 is 27.4. The van der Waals surface area contributed by atoms with Crippen LogP contribution in [-0.2, 0) is 10.0 Å². The molecule has 1 amide bonds. The van der Waals surface area contributed by atoms with E-state index in [1.165, 1.54) is 4.90 Å². The number of quaternary nitrogens is 1. The minimum Gasteiger partial charge on any atom is -0.334 e. The van der Waals surface area contributed by atoms with Gasteiger partial charge in [-0.2, -0.15) is 4.31 Å².